The van der Waals surface area contributed by atoms with Gasteiger partial charge in [0, 0.05) is 52.2 Å². The topological polar surface area (TPSA) is 42.3 Å². The van der Waals surface area contributed by atoms with Gasteiger partial charge in [-0.2, -0.15) is 0 Å². The van der Waals surface area contributed by atoms with Gasteiger partial charge in [0.25, 0.3) is 0 Å². The minimum Gasteiger partial charge on any atom is -0.380 e. The van der Waals surface area contributed by atoms with Crippen molar-refractivity contribution < 1.29 is 4.74 Å². The Bertz CT molecular complexity index is 339. The van der Waals surface area contributed by atoms with Crippen LogP contribution in [-0.2, 0) is 11.8 Å². The SMILES string of the molecule is CCOCCN1CCNCC1c1nccn1C. The van der Waals surface area contributed by atoms with E-state index in [-0.39, 0.29) is 0 Å². The molecule has 1 saturated heterocycles. The number of aryl methyl sites for hydroxylation is 1. The molecule has 2 rings (SSSR count). The van der Waals surface area contributed by atoms with Gasteiger partial charge in [0.15, 0.2) is 0 Å². The smallest absolute Gasteiger partial charge is 0.127 e. The molecule has 1 atom stereocenters. The molecule has 1 aliphatic heterocycles. The largest absolute Gasteiger partial charge is 0.380 e. The van der Waals surface area contributed by atoms with E-state index < -0.39 is 0 Å². The van der Waals surface area contributed by atoms with E-state index in [2.05, 4.69) is 26.8 Å². The van der Waals surface area contributed by atoms with Crippen molar-refractivity contribution in [1.82, 2.24) is 19.8 Å². The molecule has 1 aromatic rings. The minimum absolute atomic E-state index is 0.365. The highest BCUT2D eigenvalue weighted by molar-refractivity contribution is 5.02. The maximum Gasteiger partial charge on any atom is 0.127 e. The van der Waals surface area contributed by atoms with Crippen LogP contribution in [0.3, 0.4) is 0 Å². The van der Waals surface area contributed by atoms with Gasteiger partial charge in [-0.3, -0.25) is 4.90 Å². The summed E-state index contributed by atoms with van der Waals surface area (Å²) in [6.45, 7) is 7.69. The van der Waals surface area contributed by atoms with E-state index in [1.54, 1.807) is 0 Å². The number of aromatic nitrogens is 2. The molecule has 96 valence electrons. The fraction of sp³-hybridized carbons (Fsp3) is 0.750. The fourth-order valence-electron chi connectivity index (χ4n) is 2.29. The van der Waals surface area contributed by atoms with Crippen molar-refractivity contribution in [3.8, 4) is 0 Å². The van der Waals surface area contributed by atoms with Gasteiger partial charge >= 0.3 is 0 Å². The Kier molecular flexibility index (Phi) is 4.53. The standard InChI is InChI=1S/C12H22N4O/c1-3-17-9-8-16-7-4-13-10-11(16)12-14-5-6-15(12)2/h5-6,11,13H,3-4,7-10H2,1-2H3. The Labute approximate surface area is 103 Å². The van der Waals surface area contributed by atoms with Crippen LogP contribution in [0, 0.1) is 0 Å². The first kappa shape index (κ1) is 12.5. The number of nitrogens with one attached hydrogen (secondary N) is 1. The summed E-state index contributed by atoms with van der Waals surface area (Å²) in [5.41, 5.74) is 0. The molecule has 0 aromatic carbocycles. The molecular formula is C12H22N4O. The quantitative estimate of drug-likeness (QED) is 0.754. The summed E-state index contributed by atoms with van der Waals surface area (Å²) in [5.74, 6) is 1.13. The molecule has 5 heteroatoms. The number of piperazine rings is 1. The Morgan fingerprint density at radius 3 is 3.18 bits per heavy atom. The summed E-state index contributed by atoms with van der Waals surface area (Å²) in [4.78, 5) is 6.91. The van der Waals surface area contributed by atoms with Crippen molar-refractivity contribution >= 4 is 0 Å². The molecule has 1 N–H and O–H groups in total. The summed E-state index contributed by atoms with van der Waals surface area (Å²) in [5, 5.41) is 3.43. The van der Waals surface area contributed by atoms with Gasteiger partial charge in [-0.25, -0.2) is 4.98 Å². The molecule has 17 heavy (non-hydrogen) atoms. The maximum atomic E-state index is 5.44. The van der Waals surface area contributed by atoms with Gasteiger partial charge in [0.05, 0.1) is 12.6 Å². The molecule has 1 aliphatic rings. The summed E-state index contributed by atoms with van der Waals surface area (Å²) >= 11 is 0. The molecule has 2 heterocycles. The second kappa shape index (κ2) is 6.14. The van der Waals surface area contributed by atoms with Crippen molar-refractivity contribution in [2.75, 3.05) is 39.4 Å². The van der Waals surface area contributed by atoms with Crippen LogP contribution in [0.15, 0.2) is 12.4 Å². The predicted molar refractivity (Wildman–Crippen MR) is 66.9 cm³/mol. The number of rotatable bonds is 5. The van der Waals surface area contributed by atoms with Crippen LogP contribution in [0.4, 0.5) is 0 Å². The third-order valence-corrected chi connectivity index (χ3v) is 3.24. The summed E-state index contributed by atoms with van der Waals surface area (Å²) in [6.07, 6.45) is 3.87. The lowest BCUT2D eigenvalue weighted by atomic mass is 10.2. The second-order valence-electron chi connectivity index (χ2n) is 4.35. The lowest BCUT2D eigenvalue weighted by Crippen LogP contribution is -2.47. The molecule has 0 bridgehead atoms. The van der Waals surface area contributed by atoms with Gasteiger partial charge in [-0.05, 0) is 6.92 Å². The molecule has 5 nitrogen and oxygen atoms in total. The molecule has 1 unspecified atom stereocenters. The van der Waals surface area contributed by atoms with Gasteiger partial charge in [-0.15, -0.1) is 0 Å². The number of imidazole rings is 1. The van der Waals surface area contributed by atoms with Gasteiger partial charge in [0.1, 0.15) is 5.82 Å². The van der Waals surface area contributed by atoms with Crippen LogP contribution in [0.2, 0.25) is 0 Å². The lowest BCUT2D eigenvalue weighted by Gasteiger charge is -2.35. The normalized spacial score (nSPS) is 21.9. The first-order chi connectivity index (χ1) is 8.33. The summed E-state index contributed by atoms with van der Waals surface area (Å²) in [7, 11) is 2.05. The first-order valence-electron chi connectivity index (χ1n) is 6.32. The van der Waals surface area contributed by atoms with Crippen LogP contribution in [-0.4, -0.2) is 53.8 Å². The first-order valence-corrected chi connectivity index (χ1v) is 6.32. The maximum absolute atomic E-state index is 5.44. The van der Waals surface area contributed by atoms with Crippen LogP contribution in [0.5, 0.6) is 0 Å². The molecule has 1 aromatic heterocycles. The number of hydrogen-bond acceptors (Lipinski definition) is 4. The molecule has 0 amide bonds. The van der Waals surface area contributed by atoms with Crippen molar-refractivity contribution in [3.63, 3.8) is 0 Å². The predicted octanol–water partition coefficient (Wildman–Crippen LogP) is 0.403. The lowest BCUT2D eigenvalue weighted by molar-refractivity contribution is 0.0795. The van der Waals surface area contributed by atoms with Gasteiger partial charge in [0.2, 0.25) is 0 Å². The Morgan fingerprint density at radius 1 is 1.59 bits per heavy atom. The monoisotopic (exact) mass is 238 g/mol. The Balaban J connectivity index is 1.99. The van der Waals surface area contributed by atoms with Crippen molar-refractivity contribution in [2.24, 2.45) is 7.05 Å². The average molecular weight is 238 g/mol. The number of ether oxygens (including phenoxy) is 1. The highest BCUT2D eigenvalue weighted by Gasteiger charge is 2.26. The summed E-state index contributed by atoms with van der Waals surface area (Å²) < 4.78 is 7.55. The Hall–Kier alpha value is -0.910. The van der Waals surface area contributed by atoms with E-state index in [4.69, 9.17) is 4.74 Å². The van der Waals surface area contributed by atoms with Crippen molar-refractivity contribution in [2.45, 2.75) is 13.0 Å². The van der Waals surface area contributed by atoms with Crippen LogP contribution in [0.1, 0.15) is 18.8 Å². The summed E-state index contributed by atoms with van der Waals surface area (Å²) in [6, 6.07) is 0.365. The van der Waals surface area contributed by atoms with Gasteiger partial charge in [-0.1, -0.05) is 0 Å². The van der Waals surface area contributed by atoms with E-state index in [9.17, 15) is 0 Å². The zero-order chi connectivity index (χ0) is 12.1. The van der Waals surface area contributed by atoms with E-state index in [1.165, 1.54) is 0 Å². The molecule has 1 fully saturated rings. The third kappa shape index (κ3) is 3.06. The molecule has 0 spiro atoms. The molecule has 0 radical (unpaired) electrons. The fourth-order valence-corrected chi connectivity index (χ4v) is 2.29. The van der Waals surface area contributed by atoms with Crippen molar-refractivity contribution in [3.05, 3.63) is 18.2 Å². The number of nitrogens with zero attached hydrogens (tertiary/aromatic N) is 3. The highest BCUT2D eigenvalue weighted by Crippen LogP contribution is 2.19. The van der Waals surface area contributed by atoms with Crippen LogP contribution >= 0.6 is 0 Å². The van der Waals surface area contributed by atoms with Crippen molar-refractivity contribution in [1.29, 1.82) is 0 Å². The number of hydrogen-bond donors (Lipinski definition) is 1. The van der Waals surface area contributed by atoms with E-state index in [1.807, 2.05) is 19.3 Å². The van der Waals surface area contributed by atoms with Crippen LogP contribution < -0.4 is 5.32 Å². The Morgan fingerprint density at radius 2 is 2.47 bits per heavy atom. The zero-order valence-electron chi connectivity index (χ0n) is 10.7. The van der Waals surface area contributed by atoms with E-state index >= 15 is 0 Å². The molecule has 0 aliphatic carbocycles. The minimum atomic E-state index is 0.365. The zero-order valence-corrected chi connectivity index (χ0v) is 10.7. The van der Waals surface area contributed by atoms with E-state index in [0.717, 1.165) is 45.2 Å². The van der Waals surface area contributed by atoms with Gasteiger partial charge < -0.3 is 14.6 Å². The third-order valence-electron chi connectivity index (χ3n) is 3.24. The average Bonchev–Trinajstić information content (AvgIpc) is 2.76. The molecular weight excluding hydrogens is 216 g/mol. The van der Waals surface area contributed by atoms with E-state index in [0.29, 0.717) is 6.04 Å². The second-order valence-corrected chi connectivity index (χ2v) is 4.35. The highest BCUT2D eigenvalue weighted by atomic mass is 16.5. The van der Waals surface area contributed by atoms with Crippen LogP contribution in [0.25, 0.3) is 0 Å². The molecule has 0 saturated carbocycles.